The Bertz CT molecular complexity index is 584. The van der Waals surface area contributed by atoms with Crippen LogP contribution in [0.4, 0.5) is 0 Å². The summed E-state index contributed by atoms with van der Waals surface area (Å²) in [6.45, 7) is 0.235. The third-order valence-electron chi connectivity index (χ3n) is 3.48. The number of nitrogens with zero attached hydrogens (tertiary/aromatic N) is 2. The minimum atomic E-state index is -0.714. The second kappa shape index (κ2) is 4.17. The Morgan fingerprint density at radius 2 is 1.89 bits per heavy atom. The number of imide groups is 1. The average molecular weight is 259 g/mol. The van der Waals surface area contributed by atoms with Crippen LogP contribution < -0.4 is 5.73 Å². The van der Waals surface area contributed by atoms with E-state index in [0.29, 0.717) is 12.0 Å². The number of hydrazine groups is 1. The Labute approximate surface area is 109 Å². The Morgan fingerprint density at radius 3 is 2.63 bits per heavy atom. The van der Waals surface area contributed by atoms with Gasteiger partial charge in [0.2, 0.25) is 5.91 Å². The normalized spacial score (nSPS) is 23.0. The maximum absolute atomic E-state index is 12.2. The summed E-state index contributed by atoms with van der Waals surface area (Å²) in [5.41, 5.74) is 7.01. The van der Waals surface area contributed by atoms with Gasteiger partial charge in [0.15, 0.2) is 0 Å². The minimum absolute atomic E-state index is 0.188. The molecule has 1 unspecified atom stereocenters. The van der Waals surface area contributed by atoms with Gasteiger partial charge in [-0.15, -0.1) is 0 Å². The third-order valence-corrected chi connectivity index (χ3v) is 3.48. The summed E-state index contributed by atoms with van der Waals surface area (Å²) >= 11 is 0. The largest absolute Gasteiger partial charge is 0.320 e. The molecule has 2 aliphatic heterocycles. The van der Waals surface area contributed by atoms with Crippen molar-refractivity contribution in [3.8, 4) is 0 Å². The molecule has 2 heterocycles. The first-order valence-corrected chi connectivity index (χ1v) is 6.11. The van der Waals surface area contributed by atoms with Gasteiger partial charge in [0, 0.05) is 12.0 Å². The molecule has 1 saturated heterocycles. The van der Waals surface area contributed by atoms with Crippen LogP contribution in [-0.2, 0) is 16.1 Å². The number of piperidine rings is 1. The Kier molecular flexibility index (Phi) is 2.60. The molecule has 3 rings (SSSR count). The smallest absolute Gasteiger partial charge is 0.273 e. The summed E-state index contributed by atoms with van der Waals surface area (Å²) in [5.74, 6) is -1.20. The molecule has 6 heteroatoms. The summed E-state index contributed by atoms with van der Waals surface area (Å²) in [6, 6.07) is 6.37. The van der Waals surface area contributed by atoms with Crippen molar-refractivity contribution in [1.29, 1.82) is 0 Å². The fourth-order valence-corrected chi connectivity index (χ4v) is 2.44. The molecule has 19 heavy (non-hydrogen) atoms. The van der Waals surface area contributed by atoms with Gasteiger partial charge in [0.1, 0.15) is 0 Å². The monoisotopic (exact) mass is 259 g/mol. The standard InChI is InChI=1S/C13H13N3O3/c14-10-5-6-11(17)16(13(10)19)15-7-8-3-1-2-4-9(8)12(15)18/h1-4,10H,5-7,14H2. The Morgan fingerprint density at radius 1 is 1.16 bits per heavy atom. The zero-order valence-corrected chi connectivity index (χ0v) is 10.2. The molecule has 98 valence electrons. The van der Waals surface area contributed by atoms with Crippen LogP contribution in [0.5, 0.6) is 0 Å². The van der Waals surface area contributed by atoms with E-state index in [1.165, 1.54) is 5.01 Å². The van der Waals surface area contributed by atoms with E-state index in [0.717, 1.165) is 10.6 Å². The molecule has 0 aromatic heterocycles. The summed E-state index contributed by atoms with van der Waals surface area (Å²) in [4.78, 5) is 36.1. The summed E-state index contributed by atoms with van der Waals surface area (Å²) < 4.78 is 0. The molecule has 6 nitrogen and oxygen atoms in total. The van der Waals surface area contributed by atoms with Gasteiger partial charge < -0.3 is 5.73 Å². The van der Waals surface area contributed by atoms with E-state index in [-0.39, 0.29) is 24.8 Å². The number of rotatable bonds is 1. The molecule has 0 bridgehead atoms. The van der Waals surface area contributed by atoms with E-state index in [2.05, 4.69) is 0 Å². The van der Waals surface area contributed by atoms with E-state index in [1.54, 1.807) is 12.1 Å². The highest BCUT2D eigenvalue weighted by Crippen LogP contribution is 2.26. The van der Waals surface area contributed by atoms with Gasteiger partial charge in [-0.2, -0.15) is 5.01 Å². The first-order chi connectivity index (χ1) is 9.09. The summed E-state index contributed by atoms with van der Waals surface area (Å²) in [6.07, 6.45) is 0.524. The van der Waals surface area contributed by atoms with Crippen LogP contribution in [0.15, 0.2) is 24.3 Å². The number of carbonyl (C=O) groups is 3. The Balaban J connectivity index is 1.94. The fraction of sp³-hybridized carbons (Fsp3) is 0.308. The van der Waals surface area contributed by atoms with Crippen molar-refractivity contribution < 1.29 is 14.4 Å². The van der Waals surface area contributed by atoms with Crippen LogP contribution in [0.1, 0.15) is 28.8 Å². The van der Waals surface area contributed by atoms with Gasteiger partial charge in [-0.1, -0.05) is 18.2 Å². The number of benzene rings is 1. The van der Waals surface area contributed by atoms with Crippen LogP contribution in [-0.4, -0.2) is 33.8 Å². The van der Waals surface area contributed by atoms with Gasteiger partial charge in [0.05, 0.1) is 12.6 Å². The average Bonchev–Trinajstić information content (AvgIpc) is 2.73. The van der Waals surface area contributed by atoms with Crippen LogP contribution in [0.25, 0.3) is 0 Å². The van der Waals surface area contributed by atoms with Crippen LogP contribution >= 0.6 is 0 Å². The molecule has 1 aromatic rings. The first-order valence-electron chi connectivity index (χ1n) is 6.11. The molecule has 0 saturated carbocycles. The van der Waals surface area contributed by atoms with Crippen molar-refractivity contribution in [2.24, 2.45) is 5.73 Å². The molecular weight excluding hydrogens is 246 g/mol. The highest BCUT2D eigenvalue weighted by Gasteiger charge is 2.41. The van der Waals surface area contributed by atoms with Gasteiger partial charge >= 0.3 is 0 Å². The summed E-state index contributed by atoms with van der Waals surface area (Å²) in [7, 11) is 0. The predicted molar refractivity (Wildman–Crippen MR) is 65.4 cm³/mol. The van der Waals surface area contributed by atoms with Gasteiger partial charge in [0.25, 0.3) is 11.8 Å². The van der Waals surface area contributed by atoms with Crippen LogP contribution in [0.2, 0.25) is 0 Å². The van der Waals surface area contributed by atoms with E-state index < -0.39 is 11.9 Å². The first kappa shape index (κ1) is 11.9. The zero-order chi connectivity index (χ0) is 13.6. The predicted octanol–water partition coefficient (Wildman–Crippen LogP) is 0.0337. The minimum Gasteiger partial charge on any atom is -0.320 e. The lowest BCUT2D eigenvalue weighted by Crippen LogP contribution is -2.58. The van der Waals surface area contributed by atoms with Crippen LogP contribution in [0, 0.1) is 0 Å². The molecule has 3 amide bonds. The molecule has 2 N–H and O–H groups in total. The van der Waals surface area contributed by atoms with Crippen molar-refractivity contribution in [1.82, 2.24) is 10.0 Å². The molecule has 0 radical (unpaired) electrons. The van der Waals surface area contributed by atoms with Crippen molar-refractivity contribution in [2.75, 3.05) is 0 Å². The molecule has 1 fully saturated rings. The Hall–Kier alpha value is -2.21. The molecular formula is C13H13N3O3. The number of fused-ring (bicyclic) bond motifs is 1. The van der Waals surface area contributed by atoms with Crippen molar-refractivity contribution in [2.45, 2.75) is 25.4 Å². The number of amides is 3. The van der Waals surface area contributed by atoms with Crippen molar-refractivity contribution in [3.63, 3.8) is 0 Å². The van der Waals surface area contributed by atoms with Gasteiger partial charge in [-0.3, -0.25) is 14.4 Å². The number of nitrogens with two attached hydrogens (primary N) is 1. The van der Waals surface area contributed by atoms with E-state index in [1.807, 2.05) is 12.1 Å². The van der Waals surface area contributed by atoms with E-state index in [9.17, 15) is 14.4 Å². The fourth-order valence-electron chi connectivity index (χ4n) is 2.44. The second-order valence-corrected chi connectivity index (χ2v) is 4.71. The third kappa shape index (κ3) is 1.72. The zero-order valence-electron chi connectivity index (χ0n) is 10.2. The van der Waals surface area contributed by atoms with Gasteiger partial charge in [-0.25, -0.2) is 5.01 Å². The number of hydrogen-bond acceptors (Lipinski definition) is 4. The molecule has 2 aliphatic rings. The highest BCUT2D eigenvalue weighted by atomic mass is 16.2. The SMILES string of the molecule is NC1CCC(=O)N(N2Cc3ccccc3C2=O)C1=O. The van der Waals surface area contributed by atoms with Gasteiger partial charge in [-0.05, 0) is 18.1 Å². The maximum atomic E-state index is 12.2. The van der Waals surface area contributed by atoms with Crippen molar-refractivity contribution in [3.05, 3.63) is 35.4 Å². The lowest BCUT2D eigenvalue weighted by Gasteiger charge is -2.34. The summed E-state index contributed by atoms with van der Waals surface area (Å²) in [5, 5.41) is 2.10. The molecule has 0 aliphatic carbocycles. The van der Waals surface area contributed by atoms with E-state index in [4.69, 9.17) is 5.73 Å². The van der Waals surface area contributed by atoms with Crippen LogP contribution in [0.3, 0.4) is 0 Å². The van der Waals surface area contributed by atoms with E-state index >= 15 is 0 Å². The topological polar surface area (TPSA) is 83.7 Å². The quantitative estimate of drug-likeness (QED) is 0.721. The maximum Gasteiger partial charge on any atom is 0.273 e. The molecule has 1 atom stereocenters. The second-order valence-electron chi connectivity index (χ2n) is 4.71. The highest BCUT2D eigenvalue weighted by molar-refractivity contribution is 6.05. The lowest BCUT2D eigenvalue weighted by atomic mass is 10.1. The number of carbonyl (C=O) groups excluding carboxylic acids is 3. The lowest BCUT2D eigenvalue weighted by molar-refractivity contribution is -0.165. The number of hydrogen-bond donors (Lipinski definition) is 1. The molecule has 1 aromatic carbocycles. The van der Waals surface area contributed by atoms with Crippen molar-refractivity contribution >= 4 is 17.7 Å². The molecule has 0 spiro atoms.